The minimum absolute atomic E-state index is 0.220. The first kappa shape index (κ1) is 11.9. The van der Waals surface area contributed by atoms with Crippen LogP contribution in [0.3, 0.4) is 0 Å². The fourth-order valence-electron chi connectivity index (χ4n) is 1.96. The van der Waals surface area contributed by atoms with Gasteiger partial charge in [0.25, 0.3) is 0 Å². The third kappa shape index (κ3) is 2.00. The fourth-order valence-corrected chi connectivity index (χ4v) is 2.19. The SMILES string of the molecule is Cc1ccc(-c2noc(N)c2-c2ccccc2Cl)o1. The van der Waals surface area contributed by atoms with Gasteiger partial charge in [0.15, 0.2) is 11.5 Å². The van der Waals surface area contributed by atoms with Gasteiger partial charge in [-0.3, -0.25) is 0 Å². The molecule has 0 radical (unpaired) electrons. The van der Waals surface area contributed by atoms with Crippen LogP contribution in [0, 0.1) is 6.92 Å². The molecule has 0 saturated carbocycles. The van der Waals surface area contributed by atoms with Gasteiger partial charge in [-0.1, -0.05) is 35.0 Å². The molecule has 0 spiro atoms. The summed E-state index contributed by atoms with van der Waals surface area (Å²) in [7, 11) is 0. The lowest BCUT2D eigenvalue weighted by Gasteiger charge is -2.03. The highest BCUT2D eigenvalue weighted by molar-refractivity contribution is 6.33. The molecule has 1 aromatic carbocycles. The van der Waals surface area contributed by atoms with Crippen molar-refractivity contribution in [2.75, 3.05) is 5.73 Å². The molecule has 2 aromatic heterocycles. The van der Waals surface area contributed by atoms with E-state index in [9.17, 15) is 0 Å². The quantitative estimate of drug-likeness (QED) is 0.762. The van der Waals surface area contributed by atoms with E-state index < -0.39 is 0 Å². The highest BCUT2D eigenvalue weighted by Gasteiger charge is 2.21. The van der Waals surface area contributed by atoms with E-state index in [0.29, 0.717) is 22.0 Å². The summed E-state index contributed by atoms with van der Waals surface area (Å²) in [6.45, 7) is 1.86. The van der Waals surface area contributed by atoms with Crippen molar-refractivity contribution >= 4 is 17.5 Å². The van der Waals surface area contributed by atoms with Gasteiger partial charge in [0, 0.05) is 10.6 Å². The summed E-state index contributed by atoms with van der Waals surface area (Å²) in [5.74, 6) is 1.62. The fraction of sp³-hybridized carbons (Fsp3) is 0.0714. The van der Waals surface area contributed by atoms with Crippen LogP contribution in [0.5, 0.6) is 0 Å². The standard InChI is InChI=1S/C14H11ClN2O2/c1-8-6-7-11(18-8)13-12(14(16)19-17-13)9-4-2-3-5-10(9)15/h2-7H,16H2,1H3. The molecule has 0 unspecified atom stereocenters. The van der Waals surface area contributed by atoms with Gasteiger partial charge in [0.1, 0.15) is 5.76 Å². The molecular weight excluding hydrogens is 264 g/mol. The summed E-state index contributed by atoms with van der Waals surface area (Å²) in [5, 5.41) is 4.55. The molecule has 0 aliphatic carbocycles. The Morgan fingerprint density at radius 3 is 2.63 bits per heavy atom. The van der Waals surface area contributed by atoms with Crippen molar-refractivity contribution in [3.8, 4) is 22.6 Å². The highest BCUT2D eigenvalue weighted by atomic mass is 35.5. The number of rotatable bonds is 2. The number of anilines is 1. The van der Waals surface area contributed by atoms with Crippen molar-refractivity contribution < 1.29 is 8.94 Å². The molecule has 5 heteroatoms. The van der Waals surface area contributed by atoms with E-state index >= 15 is 0 Å². The number of nitrogens with zero attached hydrogens (tertiary/aromatic N) is 1. The van der Waals surface area contributed by atoms with Gasteiger partial charge in [0.05, 0.1) is 5.56 Å². The Balaban J connectivity index is 2.22. The summed E-state index contributed by atoms with van der Waals surface area (Å²) < 4.78 is 10.6. The minimum atomic E-state index is 0.220. The first-order chi connectivity index (χ1) is 9.16. The van der Waals surface area contributed by atoms with Crippen LogP contribution in [0.4, 0.5) is 5.88 Å². The number of aryl methyl sites for hydroxylation is 1. The Bertz CT molecular complexity index is 731. The van der Waals surface area contributed by atoms with Gasteiger partial charge in [0.2, 0.25) is 5.88 Å². The number of nitrogen functional groups attached to an aromatic ring is 1. The number of benzene rings is 1. The molecular formula is C14H11ClN2O2. The minimum Gasteiger partial charge on any atom is -0.460 e. The van der Waals surface area contributed by atoms with E-state index in [1.165, 1.54) is 0 Å². The van der Waals surface area contributed by atoms with Crippen molar-refractivity contribution in [2.24, 2.45) is 0 Å². The Morgan fingerprint density at radius 1 is 1.16 bits per heavy atom. The lowest BCUT2D eigenvalue weighted by Crippen LogP contribution is -1.87. The maximum absolute atomic E-state index is 6.20. The number of furan rings is 1. The van der Waals surface area contributed by atoms with Crippen LogP contribution in [-0.4, -0.2) is 5.16 Å². The Labute approximate surface area is 114 Å². The topological polar surface area (TPSA) is 65.2 Å². The molecule has 0 amide bonds. The third-order valence-corrected chi connectivity index (χ3v) is 3.17. The number of nitrogens with two attached hydrogens (primary N) is 1. The number of hydrogen-bond acceptors (Lipinski definition) is 4. The first-order valence-electron chi connectivity index (χ1n) is 5.73. The highest BCUT2D eigenvalue weighted by Crippen LogP contribution is 2.39. The molecule has 0 atom stereocenters. The molecule has 2 N–H and O–H groups in total. The normalized spacial score (nSPS) is 10.8. The van der Waals surface area contributed by atoms with E-state index in [-0.39, 0.29) is 5.88 Å². The second-order valence-electron chi connectivity index (χ2n) is 4.16. The molecule has 2 heterocycles. The van der Waals surface area contributed by atoms with E-state index in [2.05, 4.69) is 5.16 Å². The zero-order chi connectivity index (χ0) is 13.4. The van der Waals surface area contributed by atoms with Crippen LogP contribution in [0.2, 0.25) is 5.02 Å². The molecule has 96 valence electrons. The number of hydrogen-bond donors (Lipinski definition) is 1. The van der Waals surface area contributed by atoms with Crippen LogP contribution in [0.25, 0.3) is 22.6 Å². The van der Waals surface area contributed by atoms with E-state index in [4.69, 9.17) is 26.3 Å². The van der Waals surface area contributed by atoms with Crippen molar-refractivity contribution in [1.29, 1.82) is 0 Å². The predicted molar refractivity (Wildman–Crippen MR) is 73.8 cm³/mol. The molecule has 19 heavy (non-hydrogen) atoms. The summed E-state index contributed by atoms with van der Waals surface area (Å²) in [4.78, 5) is 0. The van der Waals surface area contributed by atoms with Crippen LogP contribution < -0.4 is 5.73 Å². The first-order valence-corrected chi connectivity index (χ1v) is 6.11. The van der Waals surface area contributed by atoms with Crippen molar-refractivity contribution in [3.05, 3.63) is 47.2 Å². The molecule has 3 rings (SSSR count). The maximum atomic E-state index is 6.20. The second-order valence-corrected chi connectivity index (χ2v) is 4.57. The van der Waals surface area contributed by atoms with Gasteiger partial charge in [-0.15, -0.1) is 0 Å². The Morgan fingerprint density at radius 2 is 1.95 bits per heavy atom. The predicted octanol–water partition coefficient (Wildman–Crippen LogP) is 4.15. The lowest BCUT2D eigenvalue weighted by atomic mass is 10.0. The molecule has 3 aromatic rings. The lowest BCUT2D eigenvalue weighted by molar-refractivity contribution is 0.435. The molecule has 0 aliphatic rings. The second kappa shape index (κ2) is 4.48. The van der Waals surface area contributed by atoms with Gasteiger partial charge in [-0.2, -0.15) is 0 Å². The summed E-state index contributed by atoms with van der Waals surface area (Å²) in [5.41, 5.74) is 7.83. The zero-order valence-electron chi connectivity index (χ0n) is 10.2. The molecule has 0 aliphatic heterocycles. The van der Waals surface area contributed by atoms with Gasteiger partial charge >= 0.3 is 0 Å². The molecule has 0 fully saturated rings. The summed E-state index contributed by atoms with van der Waals surface area (Å²) in [6.07, 6.45) is 0. The number of aromatic nitrogens is 1. The van der Waals surface area contributed by atoms with E-state index in [0.717, 1.165) is 11.3 Å². The zero-order valence-corrected chi connectivity index (χ0v) is 10.9. The average Bonchev–Trinajstić information content (AvgIpc) is 2.96. The van der Waals surface area contributed by atoms with Crippen LogP contribution in [-0.2, 0) is 0 Å². The van der Waals surface area contributed by atoms with Crippen molar-refractivity contribution in [3.63, 3.8) is 0 Å². The number of halogens is 1. The van der Waals surface area contributed by atoms with Gasteiger partial charge in [-0.05, 0) is 25.1 Å². The molecule has 0 bridgehead atoms. The largest absolute Gasteiger partial charge is 0.460 e. The summed E-state index contributed by atoms with van der Waals surface area (Å²) >= 11 is 6.20. The van der Waals surface area contributed by atoms with Crippen LogP contribution >= 0.6 is 11.6 Å². The average molecular weight is 275 g/mol. The molecule has 0 saturated heterocycles. The summed E-state index contributed by atoms with van der Waals surface area (Å²) in [6, 6.07) is 11.1. The van der Waals surface area contributed by atoms with Crippen LogP contribution in [0.1, 0.15) is 5.76 Å². The van der Waals surface area contributed by atoms with Gasteiger partial charge < -0.3 is 14.7 Å². The monoisotopic (exact) mass is 274 g/mol. The Kier molecular flexibility index (Phi) is 2.80. The van der Waals surface area contributed by atoms with Gasteiger partial charge in [-0.25, -0.2) is 0 Å². The van der Waals surface area contributed by atoms with E-state index in [1.807, 2.05) is 37.3 Å². The van der Waals surface area contributed by atoms with E-state index in [1.54, 1.807) is 6.07 Å². The third-order valence-electron chi connectivity index (χ3n) is 2.84. The van der Waals surface area contributed by atoms with Crippen molar-refractivity contribution in [1.82, 2.24) is 5.16 Å². The maximum Gasteiger partial charge on any atom is 0.230 e. The van der Waals surface area contributed by atoms with Crippen LogP contribution in [0.15, 0.2) is 45.3 Å². The smallest absolute Gasteiger partial charge is 0.230 e. The van der Waals surface area contributed by atoms with Crippen molar-refractivity contribution in [2.45, 2.75) is 6.92 Å². The molecule has 4 nitrogen and oxygen atoms in total. The Hall–Kier alpha value is -2.20.